The Labute approximate surface area is 278 Å². The quantitative estimate of drug-likeness (QED) is 0.0903. The number of nitrogens with two attached hydrogens (primary N) is 1. The third-order valence-electron chi connectivity index (χ3n) is 7.77. The molecule has 1 fully saturated rings. The maximum atomic E-state index is 14.1. The number of alkyl halides is 5. The van der Waals surface area contributed by atoms with E-state index in [1.54, 1.807) is 43.5 Å². The van der Waals surface area contributed by atoms with E-state index in [1.807, 2.05) is 0 Å². The fourth-order valence-electron chi connectivity index (χ4n) is 4.50. The second-order valence-electron chi connectivity index (χ2n) is 14.5. The number of halogens is 5. The number of hydrogen-bond donors (Lipinski definition) is 3. The van der Waals surface area contributed by atoms with Crippen molar-refractivity contribution in [3.63, 3.8) is 0 Å². The summed E-state index contributed by atoms with van der Waals surface area (Å²) in [7, 11) is -3.14. The van der Waals surface area contributed by atoms with Gasteiger partial charge in [-0.2, -0.15) is 13.2 Å². The van der Waals surface area contributed by atoms with Crippen LogP contribution >= 0.6 is 0 Å². The lowest BCUT2D eigenvalue weighted by Gasteiger charge is -2.30. The van der Waals surface area contributed by atoms with E-state index in [1.165, 1.54) is 6.92 Å². The van der Waals surface area contributed by atoms with Gasteiger partial charge in [-0.25, -0.2) is 22.7 Å². The minimum atomic E-state index is -4.61. The van der Waals surface area contributed by atoms with E-state index in [4.69, 9.17) is 24.9 Å². The molecule has 0 amide bonds. The molecule has 1 aliphatic rings. The summed E-state index contributed by atoms with van der Waals surface area (Å²) in [6.45, 7) is 13.5. The summed E-state index contributed by atoms with van der Waals surface area (Å²) in [5.74, 6) is -2.84. The Morgan fingerprint density at radius 2 is 1.79 bits per heavy atom. The van der Waals surface area contributed by atoms with E-state index in [-0.39, 0.29) is 25.3 Å². The zero-order valence-corrected chi connectivity index (χ0v) is 30.5. The van der Waals surface area contributed by atoms with E-state index in [2.05, 4.69) is 29.7 Å². The molecular formula is C31H52F5N5O4SSi. The van der Waals surface area contributed by atoms with Crippen molar-refractivity contribution in [1.82, 2.24) is 19.6 Å². The Morgan fingerprint density at radius 1 is 1.13 bits per heavy atom. The Balaban J connectivity index is 2.08. The monoisotopic (exact) mass is 713 g/mol. The maximum Gasteiger partial charge on any atom is 0.414 e. The number of fused-ring (bicyclic) bond motifs is 1. The summed E-state index contributed by atoms with van der Waals surface area (Å²) >= 11 is 0. The third-order valence-corrected chi connectivity index (χ3v) is 11.1. The predicted molar refractivity (Wildman–Crippen MR) is 177 cm³/mol. The normalized spacial score (nSPS) is 18.3. The van der Waals surface area contributed by atoms with Gasteiger partial charge < -0.3 is 29.8 Å². The standard InChI is InChI=1S/C31H52F5N5O4SSi/c1-20(45-21(2)31(34,35)36)27(40-46(42)29(3,4)5)28-39-24-15-22(9-12-26(24)41(28)19-43-13-14-47(6,7)8)25(16-44-23-10-11-23)38-18-30(32,33)17-37/h9,12,15,20-21,23,25,27,38,40H,10-11,13-14,16-19,37H2,1-8H3/t20-,21+,25-,27+,46-/m1/s1. The first kappa shape index (κ1) is 39.9. The van der Waals surface area contributed by atoms with Crippen molar-refractivity contribution in [2.75, 3.05) is 26.3 Å². The first-order valence-corrected chi connectivity index (χ1v) is 20.9. The van der Waals surface area contributed by atoms with Crippen LogP contribution in [0.3, 0.4) is 0 Å². The van der Waals surface area contributed by atoms with Crippen molar-refractivity contribution in [2.45, 2.75) is 127 Å². The van der Waals surface area contributed by atoms with Crippen molar-refractivity contribution in [1.29, 1.82) is 0 Å². The minimum absolute atomic E-state index is 0.0345. The van der Waals surface area contributed by atoms with Gasteiger partial charge in [0.1, 0.15) is 18.6 Å². The fourth-order valence-corrected chi connectivity index (χ4v) is 6.14. The molecule has 1 heterocycles. The van der Waals surface area contributed by atoms with Crippen LogP contribution in [-0.2, 0) is 31.9 Å². The molecule has 1 aromatic heterocycles. The summed E-state index contributed by atoms with van der Waals surface area (Å²) < 4.78 is 104. The van der Waals surface area contributed by atoms with E-state index < -0.39 is 73.3 Å². The highest BCUT2D eigenvalue weighted by molar-refractivity contribution is 7.84. The van der Waals surface area contributed by atoms with Gasteiger partial charge in [-0.05, 0) is 71.2 Å². The molecule has 1 aliphatic carbocycles. The van der Waals surface area contributed by atoms with Crippen LogP contribution in [0.1, 0.15) is 70.9 Å². The van der Waals surface area contributed by atoms with Crippen LogP contribution in [-0.4, -0.2) is 83.3 Å². The van der Waals surface area contributed by atoms with Crippen LogP contribution in [0.5, 0.6) is 0 Å². The summed E-state index contributed by atoms with van der Waals surface area (Å²) in [4.78, 5) is 4.84. The van der Waals surface area contributed by atoms with E-state index in [0.29, 0.717) is 23.2 Å². The largest absolute Gasteiger partial charge is 0.414 e. The number of aromatic nitrogens is 2. The van der Waals surface area contributed by atoms with Crippen LogP contribution < -0.4 is 15.8 Å². The van der Waals surface area contributed by atoms with Crippen LogP contribution in [0.25, 0.3) is 11.0 Å². The van der Waals surface area contributed by atoms with Crippen molar-refractivity contribution < 1.29 is 40.4 Å². The number of nitrogens with one attached hydrogen (secondary N) is 2. The number of nitrogens with zero attached hydrogens (tertiary/aromatic N) is 2. The van der Waals surface area contributed by atoms with Gasteiger partial charge in [-0.15, -0.1) is 0 Å². The molecule has 5 atom stereocenters. The molecule has 3 rings (SSSR count). The molecule has 1 saturated carbocycles. The molecule has 0 bridgehead atoms. The lowest BCUT2D eigenvalue weighted by molar-refractivity contribution is -0.227. The molecule has 16 heteroatoms. The third kappa shape index (κ3) is 12.4. The van der Waals surface area contributed by atoms with Crippen molar-refractivity contribution in [3.8, 4) is 0 Å². The Morgan fingerprint density at radius 3 is 2.34 bits per heavy atom. The van der Waals surface area contributed by atoms with Gasteiger partial charge in [0.2, 0.25) is 0 Å². The molecule has 0 spiro atoms. The number of benzene rings is 1. The van der Waals surface area contributed by atoms with Gasteiger partial charge in [0.05, 0.1) is 64.7 Å². The topological polar surface area (TPSA) is 113 Å². The van der Waals surface area contributed by atoms with Gasteiger partial charge >= 0.3 is 6.18 Å². The highest BCUT2D eigenvalue weighted by Crippen LogP contribution is 2.32. The van der Waals surface area contributed by atoms with Crippen LogP contribution in [0.2, 0.25) is 25.7 Å². The molecule has 0 radical (unpaired) electrons. The second-order valence-corrected chi connectivity index (χ2v) is 22.1. The molecule has 9 nitrogen and oxygen atoms in total. The highest BCUT2D eigenvalue weighted by Gasteiger charge is 2.41. The van der Waals surface area contributed by atoms with Crippen molar-refractivity contribution >= 4 is 30.1 Å². The number of rotatable bonds is 19. The number of ether oxygens (including phenoxy) is 3. The lowest BCUT2D eigenvalue weighted by Crippen LogP contribution is -2.43. The fraction of sp³-hybridized carbons (Fsp3) is 0.774. The zero-order valence-electron chi connectivity index (χ0n) is 28.7. The van der Waals surface area contributed by atoms with E-state index >= 15 is 0 Å². The predicted octanol–water partition coefficient (Wildman–Crippen LogP) is 6.20. The van der Waals surface area contributed by atoms with Gasteiger partial charge in [-0.3, -0.25) is 0 Å². The number of imidazole rings is 1. The second kappa shape index (κ2) is 16.0. The Hall–Kier alpha value is -1.53. The van der Waals surface area contributed by atoms with Crippen molar-refractivity contribution in [2.24, 2.45) is 5.73 Å². The molecule has 47 heavy (non-hydrogen) atoms. The molecule has 4 N–H and O–H groups in total. The zero-order chi connectivity index (χ0) is 35.4. The Bertz CT molecular complexity index is 1330. The lowest BCUT2D eigenvalue weighted by atomic mass is 10.1. The SMILES string of the molecule is C[C@H](O[C@H](C)[C@H](N[S@](=O)C(C)(C)C)c1nc2cc([C@@H](COC3CC3)NCC(F)(F)CN)ccc2n1COCC[Si](C)(C)C)C(F)(F)F. The summed E-state index contributed by atoms with van der Waals surface area (Å²) in [5.41, 5.74) is 6.96. The summed E-state index contributed by atoms with van der Waals surface area (Å²) in [6.07, 6.45) is -5.90. The number of hydrogen-bond acceptors (Lipinski definition) is 7. The molecule has 0 saturated heterocycles. The average Bonchev–Trinajstić information content (AvgIpc) is 3.71. The van der Waals surface area contributed by atoms with Crippen LogP contribution in [0.15, 0.2) is 18.2 Å². The summed E-state index contributed by atoms with van der Waals surface area (Å²) in [6, 6.07) is 4.55. The molecule has 1 aromatic carbocycles. The first-order chi connectivity index (χ1) is 21.6. The van der Waals surface area contributed by atoms with E-state index in [0.717, 1.165) is 25.8 Å². The molecule has 2 aromatic rings. The van der Waals surface area contributed by atoms with Crippen LogP contribution in [0.4, 0.5) is 22.0 Å². The van der Waals surface area contributed by atoms with Crippen molar-refractivity contribution in [3.05, 3.63) is 29.6 Å². The van der Waals surface area contributed by atoms with Crippen LogP contribution in [0, 0.1) is 0 Å². The highest BCUT2D eigenvalue weighted by atomic mass is 32.2. The first-order valence-electron chi connectivity index (χ1n) is 16.0. The maximum absolute atomic E-state index is 14.1. The Kier molecular flexibility index (Phi) is 13.6. The minimum Gasteiger partial charge on any atom is -0.376 e. The van der Waals surface area contributed by atoms with Gasteiger partial charge in [0.15, 0.2) is 6.10 Å². The van der Waals surface area contributed by atoms with E-state index in [9.17, 15) is 26.2 Å². The summed E-state index contributed by atoms with van der Waals surface area (Å²) in [5, 5.41) is 2.88. The average molecular weight is 714 g/mol. The molecule has 270 valence electrons. The van der Waals surface area contributed by atoms with Gasteiger partial charge in [-0.1, -0.05) is 25.7 Å². The molecule has 0 aliphatic heterocycles. The molecular weight excluding hydrogens is 662 g/mol. The van der Waals surface area contributed by atoms with Gasteiger partial charge in [0, 0.05) is 14.7 Å². The van der Waals surface area contributed by atoms with Gasteiger partial charge in [0.25, 0.3) is 5.92 Å². The molecule has 0 unspecified atom stereocenters. The smallest absolute Gasteiger partial charge is 0.376 e.